The predicted molar refractivity (Wildman–Crippen MR) is 136 cm³/mol. The van der Waals surface area contributed by atoms with Crippen molar-refractivity contribution in [2.45, 2.75) is 26.3 Å². The Morgan fingerprint density at radius 2 is 1.21 bits per heavy atom. The van der Waals surface area contributed by atoms with Crippen LogP contribution in [0.3, 0.4) is 0 Å². The molecule has 2 heterocycles. The molecule has 5 aromatic rings. The summed E-state index contributed by atoms with van der Waals surface area (Å²) < 4.78 is 6.22. The van der Waals surface area contributed by atoms with E-state index in [-0.39, 0.29) is 17.1 Å². The molecule has 1 N–H and O–H groups in total. The molecule has 0 saturated heterocycles. The third-order valence-corrected chi connectivity index (χ3v) is 5.22. The molecule has 0 atom stereocenters. The van der Waals surface area contributed by atoms with Crippen molar-refractivity contribution in [2.24, 2.45) is 0 Å². The van der Waals surface area contributed by atoms with Crippen LogP contribution in [0.15, 0.2) is 94.1 Å². The zero-order chi connectivity index (χ0) is 23.7. The van der Waals surface area contributed by atoms with Gasteiger partial charge in [0.05, 0.1) is 16.7 Å². The Hall–Kier alpha value is -4.32. The molecule has 0 unspecified atom stereocenters. The fourth-order valence-electron chi connectivity index (χ4n) is 3.76. The van der Waals surface area contributed by atoms with Crippen LogP contribution in [0.25, 0.3) is 44.9 Å². The quantitative estimate of drug-likeness (QED) is 0.353. The van der Waals surface area contributed by atoms with E-state index in [1.165, 1.54) is 0 Å². The molecule has 34 heavy (non-hydrogen) atoms. The molecule has 0 aliphatic carbocycles. The van der Waals surface area contributed by atoms with Gasteiger partial charge in [-0.05, 0) is 32.9 Å². The fraction of sp³-hybridized carbons (Fsp3) is 0.143. The SMILES string of the molecule is CC(C)(C)Nc1nc(=O)c(-c2nc3ccccc3nc2-c2ccccc2)c(-c2ccccc2)o1. The molecular formula is C28H24N4O2. The number of nitrogens with zero attached hydrogens (tertiary/aromatic N) is 3. The van der Waals surface area contributed by atoms with Gasteiger partial charge in [-0.25, -0.2) is 9.97 Å². The summed E-state index contributed by atoms with van der Waals surface area (Å²) >= 11 is 0. The van der Waals surface area contributed by atoms with Crippen LogP contribution in [-0.2, 0) is 0 Å². The zero-order valence-electron chi connectivity index (χ0n) is 19.2. The maximum absolute atomic E-state index is 13.6. The van der Waals surface area contributed by atoms with Crippen molar-refractivity contribution in [2.75, 3.05) is 5.32 Å². The topological polar surface area (TPSA) is 80.9 Å². The van der Waals surface area contributed by atoms with Gasteiger partial charge in [0.25, 0.3) is 11.6 Å². The molecule has 0 amide bonds. The number of nitrogens with one attached hydrogen (secondary N) is 1. The maximum Gasteiger partial charge on any atom is 0.298 e. The van der Waals surface area contributed by atoms with Crippen LogP contribution in [0.1, 0.15) is 20.8 Å². The van der Waals surface area contributed by atoms with Crippen molar-refractivity contribution in [1.82, 2.24) is 15.0 Å². The zero-order valence-corrected chi connectivity index (χ0v) is 19.2. The van der Waals surface area contributed by atoms with Gasteiger partial charge >= 0.3 is 0 Å². The second-order valence-corrected chi connectivity index (χ2v) is 9.04. The Morgan fingerprint density at radius 3 is 1.79 bits per heavy atom. The van der Waals surface area contributed by atoms with Crippen LogP contribution in [-0.4, -0.2) is 20.5 Å². The monoisotopic (exact) mass is 448 g/mol. The molecule has 168 valence electrons. The number of aromatic nitrogens is 3. The van der Waals surface area contributed by atoms with Crippen molar-refractivity contribution in [3.05, 3.63) is 95.3 Å². The van der Waals surface area contributed by atoms with E-state index in [0.717, 1.165) is 16.6 Å². The smallest absolute Gasteiger partial charge is 0.298 e. The van der Waals surface area contributed by atoms with E-state index in [1.807, 2.05) is 106 Å². The maximum atomic E-state index is 13.6. The van der Waals surface area contributed by atoms with E-state index >= 15 is 0 Å². The van der Waals surface area contributed by atoms with E-state index in [1.54, 1.807) is 0 Å². The van der Waals surface area contributed by atoms with Crippen LogP contribution in [0.4, 0.5) is 6.01 Å². The van der Waals surface area contributed by atoms with Gasteiger partial charge < -0.3 is 9.73 Å². The average Bonchev–Trinajstić information content (AvgIpc) is 2.83. The lowest BCUT2D eigenvalue weighted by Gasteiger charge is -2.21. The van der Waals surface area contributed by atoms with Gasteiger partial charge in [-0.1, -0.05) is 72.8 Å². The minimum absolute atomic E-state index is 0.162. The molecule has 6 heteroatoms. The van der Waals surface area contributed by atoms with Gasteiger partial charge in [0, 0.05) is 16.7 Å². The largest absolute Gasteiger partial charge is 0.424 e. The number of hydrogen-bond acceptors (Lipinski definition) is 6. The highest BCUT2D eigenvalue weighted by Crippen LogP contribution is 2.36. The molecule has 0 radical (unpaired) electrons. The summed E-state index contributed by atoms with van der Waals surface area (Å²) in [7, 11) is 0. The van der Waals surface area contributed by atoms with E-state index in [4.69, 9.17) is 14.4 Å². The Kier molecular flexibility index (Phi) is 5.42. The van der Waals surface area contributed by atoms with Crippen LogP contribution < -0.4 is 10.9 Å². The second-order valence-electron chi connectivity index (χ2n) is 9.04. The molecule has 0 saturated carbocycles. The number of anilines is 1. The number of benzene rings is 3. The van der Waals surface area contributed by atoms with Gasteiger partial charge in [0.1, 0.15) is 11.3 Å². The third kappa shape index (κ3) is 4.30. The van der Waals surface area contributed by atoms with E-state index < -0.39 is 5.56 Å². The minimum Gasteiger partial charge on any atom is -0.424 e. The highest BCUT2D eigenvalue weighted by molar-refractivity contribution is 5.90. The van der Waals surface area contributed by atoms with Crippen LogP contribution in [0.5, 0.6) is 0 Å². The number of hydrogen-bond donors (Lipinski definition) is 1. The summed E-state index contributed by atoms with van der Waals surface area (Å²) in [6.45, 7) is 5.94. The molecule has 3 aromatic carbocycles. The van der Waals surface area contributed by atoms with E-state index in [0.29, 0.717) is 22.7 Å². The summed E-state index contributed by atoms with van der Waals surface area (Å²) in [6, 6.07) is 27.0. The molecule has 0 aliphatic rings. The summed E-state index contributed by atoms with van der Waals surface area (Å²) in [5, 5.41) is 3.17. The van der Waals surface area contributed by atoms with Crippen LogP contribution >= 0.6 is 0 Å². The molecule has 0 bridgehead atoms. The Labute approximate surface area is 197 Å². The molecular weight excluding hydrogens is 424 g/mol. The lowest BCUT2D eigenvalue weighted by molar-refractivity contribution is 0.518. The molecule has 0 aliphatic heterocycles. The summed E-state index contributed by atoms with van der Waals surface area (Å²) in [4.78, 5) is 27.6. The first-order valence-electron chi connectivity index (χ1n) is 11.1. The first-order chi connectivity index (χ1) is 16.4. The highest BCUT2D eigenvalue weighted by atomic mass is 16.4. The Bertz CT molecular complexity index is 1520. The first kappa shape index (κ1) is 21.5. The van der Waals surface area contributed by atoms with Crippen molar-refractivity contribution in [3.63, 3.8) is 0 Å². The highest BCUT2D eigenvalue weighted by Gasteiger charge is 2.24. The third-order valence-electron chi connectivity index (χ3n) is 5.22. The standard InChI is InChI=1S/C28H24N4O2/c1-28(2,3)32-27-31-26(33)22(25(34-27)19-14-8-5-9-15-19)24-23(18-12-6-4-7-13-18)29-20-16-10-11-17-21(20)30-24/h4-17H,1-3H3,(H,31,32,33). The van der Waals surface area contributed by atoms with Crippen LogP contribution in [0.2, 0.25) is 0 Å². The fourth-order valence-corrected chi connectivity index (χ4v) is 3.76. The van der Waals surface area contributed by atoms with Crippen molar-refractivity contribution < 1.29 is 4.42 Å². The molecule has 2 aromatic heterocycles. The van der Waals surface area contributed by atoms with Gasteiger partial charge in [-0.3, -0.25) is 4.79 Å². The second kappa shape index (κ2) is 8.56. The Balaban J connectivity index is 1.85. The van der Waals surface area contributed by atoms with Gasteiger partial charge in [0.15, 0.2) is 5.76 Å². The number of fused-ring (bicyclic) bond motifs is 1. The first-order valence-corrected chi connectivity index (χ1v) is 11.1. The molecule has 5 rings (SSSR count). The lowest BCUT2D eigenvalue weighted by atomic mass is 10.0. The van der Waals surface area contributed by atoms with Crippen molar-refractivity contribution in [1.29, 1.82) is 0 Å². The Morgan fingerprint density at radius 1 is 0.676 bits per heavy atom. The predicted octanol–water partition coefficient (Wildman–Crippen LogP) is 6.19. The average molecular weight is 449 g/mol. The van der Waals surface area contributed by atoms with Gasteiger partial charge in [-0.2, -0.15) is 4.98 Å². The van der Waals surface area contributed by atoms with Crippen molar-refractivity contribution >= 4 is 17.0 Å². The molecule has 0 fully saturated rings. The van der Waals surface area contributed by atoms with Gasteiger partial charge in [0.2, 0.25) is 0 Å². The minimum atomic E-state index is -0.432. The van der Waals surface area contributed by atoms with Crippen LogP contribution in [0, 0.1) is 0 Å². The lowest BCUT2D eigenvalue weighted by Crippen LogP contribution is -2.28. The van der Waals surface area contributed by atoms with E-state index in [2.05, 4.69) is 10.3 Å². The molecule has 0 spiro atoms. The van der Waals surface area contributed by atoms with E-state index in [9.17, 15) is 4.79 Å². The summed E-state index contributed by atoms with van der Waals surface area (Å²) in [6.07, 6.45) is 0. The molecule has 6 nitrogen and oxygen atoms in total. The summed E-state index contributed by atoms with van der Waals surface area (Å²) in [5.41, 5.74) is 3.59. The number of para-hydroxylation sites is 2. The normalized spacial score (nSPS) is 11.5. The summed E-state index contributed by atoms with van der Waals surface area (Å²) in [5.74, 6) is 0.397. The van der Waals surface area contributed by atoms with Gasteiger partial charge in [-0.15, -0.1) is 0 Å². The number of rotatable bonds is 4. The van der Waals surface area contributed by atoms with Crippen molar-refractivity contribution in [3.8, 4) is 33.8 Å².